The van der Waals surface area contributed by atoms with Crippen LogP contribution >= 0.6 is 11.3 Å². The molecule has 2 N–H and O–H groups in total. The quantitative estimate of drug-likeness (QED) is 0.671. The van der Waals surface area contributed by atoms with Gasteiger partial charge in [0.2, 0.25) is 5.91 Å². The second-order valence-electron chi connectivity index (χ2n) is 5.27. The second-order valence-corrected chi connectivity index (χ2v) is 6.22. The molecule has 2 aromatic rings. The maximum Gasteiger partial charge on any atom is 0.261 e. The van der Waals surface area contributed by atoms with Crippen LogP contribution < -0.4 is 20.1 Å². The van der Waals surface area contributed by atoms with E-state index in [0.29, 0.717) is 42.3 Å². The number of nitrogens with one attached hydrogen (secondary N) is 2. The fraction of sp³-hybridized carbons (Fsp3) is 0.333. The summed E-state index contributed by atoms with van der Waals surface area (Å²) in [5.74, 6) is 1.14. The summed E-state index contributed by atoms with van der Waals surface area (Å²) in [4.78, 5) is 24.3. The number of hydrogen-bond donors (Lipinski definition) is 2. The van der Waals surface area contributed by atoms with Crippen molar-refractivity contribution in [3.63, 3.8) is 0 Å². The molecule has 0 aliphatic heterocycles. The van der Waals surface area contributed by atoms with Crippen molar-refractivity contribution in [1.82, 2.24) is 10.6 Å². The van der Waals surface area contributed by atoms with Gasteiger partial charge in [-0.3, -0.25) is 9.59 Å². The molecule has 1 heterocycles. The molecule has 6 nitrogen and oxygen atoms in total. The summed E-state index contributed by atoms with van der Waals surface area (Å²) < 4.78 is 10.4. The minimum Gasteiger partial charge on any atom is -0.493 e. The zero-order valence-electron chi connectivity index (χ0n) is 14.3. The Morgan fingerprint density at radius 3 is 2.48 bits per heavy atom. The number of aryl methyl sites for hydroxylation is 1. The van der Waals surface area contributed by atoms with Crippen molar-refractivity contribution in [2.45, 2.75) is 12.8 Å². The maximum atomic E-state index is 11.9. The number of rotatable bonds is 9. The van der Waals surface area contributed by atoms with Gasteiger partial charge in [-0.1, -0.05) is 12.1 Å². The Morgan fingerprint density at radius 1 is 1.04 bits per heavy atom. The Bertz CT molecular complexity index is 701. The molecule has 2 amide bonds. The predicted octanol–water partition coefficient (Wildman–Crippen LogP) is 2.24. The van der Waals surface area contributed by atoms with Gasteiger partial charge >= 0.3 is 0 Å². The third kappa shape index (κ3) is 5.79. The standard InChI is InChI=1S/C18H22N2O4S/c1-23-14-7-5-13(12-15(14)24-2)6-8-17(21)19-9-10-20-18(22)16-4-3-11-25-16/h3-5,7,11-12H,6,8-10H2,1-2H3,(H,19,21)(H,20,22). The van der Waals surface area contributed by atoms with Crippen LogP contribution in [0.15, 0.2) is 35.7 Å². The van der Waals surface area contributed by atoms with Crippen LogP contribution in [0.5, 0.6) is 11.5 Å². The van der Waals surface area contributed by atoms with Gasteiger partial charge in [-0.2, -0.15) is 0 Å². The van der Waals surface area contributed by atoms with E-state index in [9.17, 15) is 9.59 Å². The third-order valence-electron chi connectivity index (χ3n) is 3.57. The van der Waals surface area contributed by atoms with E-state index in [2.05, 4.69) is 10.6 Å². The summed E-state index contributed by atoms with van der Waals surface area (Å²) in [5.41, 5.74) is 0.999. The second kappa shape index (κ2) is 9.68. The summed E-state index contributed by atoms with van der Waals surface area (Å²) in [6, 6.07) is 9.20. The van der Waals surface area contributed by atoms with Crippen LogP contribution in [-0.4, -0.2) is 39.1 Å². The fourth-order valence-electron chi connectivity index (χ4n) is 2.26. The van der Waals surface area contributed by atoms with Crippen molar-refractivity contribution in [2.75, 3.05) is 27.3 Å². The zero-order valence-corrected chi connectivity index (χ0v) is 15.2. The molecule has 0 bridgehead atoms. The third-order valence-corrected chi connectivity index (χ3v) is 4.44. The summed E-state index contributed by atoms with van der Waals surface area (Å²) >= 11 is 1.39. The number of amides is 2. The highest BCUT2D eigenvalue weighted by atomic mass is 32.1. The number of methoxy groups -OCH3 is 2. The van der Waals surface area contributed by atoms with Gasteiger partial charge in [-0.15, -0.1) is 11.3 Å². The number of carbonyl (C=O) groups excluding carboxylic acids is 2. The first-order chi connectivity index (χ1) is 12.1. The Labute approximate surface area is 151 Å². The minimum absolute atomic E-state index is 0.0554. The van der Waals surface area contributed by atoms with Gasteiger partial charge in [0, 0.05) is 19.5 Å². The van der Waals surface area contributed by atoms with Gasteiger partial charge in [-0.05, 0) is 35.6 Å². The highest BCUT2D eigenvalue weighted by molar-refractivity contribution is 7.12. The molecule has 0 aliphatic carbocycles. The molecule has 0 saturated heterocycles. The van der Waals surface area contributed by atoms with Crippen molar-refractivity contribution in [1.29, 1.82) is 0 Å². The monoisotopic (exact) mass is 362 g/mol. The summed E-state index contributed by atoms with van der Waals surface area (Å²) in [6.45, 7) is 0.806. The molecular formula is C18H22N2O4S. The molecule has 0 unspecified atom stereocenters. The van der Waals surface area contributed by atoms with E-state index in [0.717, 1.165) is 5.56 Å². The number of thiophene rings is 1. The average molecular weight is 362 g/mol. The molecule has 1 aromatic carbocycles. The normalized spacial score (nSPS) is 10.2. The van der Waals surface area contributed by atoms with Gasteiger partial charge in [0.05, 0.1) is 19.1 Å². The summed E-state index contributed by atoms with van der Waals surface area (Å²) in [5, 5.41) is 7.42. The van der Waals surface area contributed by atoms with Gasteiger partial charge in [0.1, 0.15) is 0 Å². The smallest absolute Gasteiger partial charge is 0.261 e. The van der Waals surface area contributed by atoms with E-state index < -0.39 is 0 Å². The Morgan fingerprint density at radius 2 is 1.80 bits per heavy atom. The highest BCUT2D eigenvalue weighted by Crippen LogP contribution is 2.27. The molecule has 0 saturated carbocycles. The van der Waals surface area contributed by atoms with Crippen molar-refractivity contribution < 1.29 is 19.1 Å². The SMILES string of the molecule is COc1ccc(CCC(=O)NCCNC(=O)c2cccs2)cc1OC. The van der Waals surface area contributed by atoms with Crippen LogP contribution in [-0.2, 0) is 11.2 Å². The molecule has 0 fully saturated rings. The number of carbonyl (C=O) groups is 2. The van der Waals surface area contributed by atoms with Crippen LogP contribution in [0.25, 0.3) is 0 Å². The topological polar surface area (TPSA) is 76.7 Å². The number of hydrogen-bond acceptors (Lipinski definition) is 5. The lowest BCUT2D eigenvalue weighted by atomic mass is 10.1. The molecule has 7 heteroatoms. The van der Waals surface area contributed by atoms with Gasteiger partial charge < -0.3 is 20.1 Å². The predicted molar refractivity (Wildman–Crippen MR) is 97.5 cm³/mol. The van der Waals surface area contributed by atoms with Crippen LogP contribution in [0.2, 0.25) is 0 Å². The summed E-state index contributed by atoms with van der Waals surface area (Å²) in [6.07, 6.45) is 0.974. The Hall–Kier alpha value is -2.54. The molecule has 134 valence electrons. The first-order valence-electron chi connectivity index (χ1n) is 7.93. The van der Waals surface area contributed by atoms with E-state index in [1.54, 1.807) is 20.3 Å². The van der Waals surface area contributed by atoms with Crippen LogP contribution in [0.3, 0.4) is 0 Å². The molecule has 25 heavy (non-hydrogen) atoms. The van der Waals surface area contributed by atoms with E-state index >= 15 is 0 Å². The molecule has 0 atom stereocenters. The number of ether oxygens (including phenoxy) is 2. The van der Waals surface area contributed by atoms with E-state index in [-0.39, 0.29) is 11.8 Å². The molecule has 0 spiro atoms. The van der Waals surface area contributed by atoms with E-state index in [1.165, 1.54) is 11.3 Å². The van der Waals surface area contributed by atoms with E-state index in [1.807, 2.05) is 29.6 Å². The largest absolute Gasteiger partial charge is 0.493 e. The highest BCUT2D eigenvalue weighted by Gasteiger charge is 2.08. The van der Waals surface area contributed by atoms with Crippen molar-refractivity contribution >= 4 is 23.2 Å². The number of benzene rings is 1. The fourth-order valence-corrected chi connectivity index (χ4v) is 2.90. The molecule has 2 rings (SSSR count). The molecule has 1 aromatic heterocycles. The van der Waals surface area contributed by atoms with Crippen molar-refractivity contribution in [3.8, 4) is 11.5 Å². The van der Waals surface area contributed by atoms with Crippen molar-refractivity contribution in [2.24, 2.45) is 0 Å². The zero-order chi connectivity index (χ0) is 18.1. The lowest BCUT2D eigenvalue weighted by Gasteiger charge is -2.10. The minimum atomic E-state index is -0.116. The lowest BCUT2D eigenvalue weighted by molar-refractivity contribution is -0.121. The first-order valence-corrected chi connectivity index (χ1v) is 8.81. The van der Waals surface area contributed by atoms with Gasteiger partial charge in [0.15, 0.2) is 11.5 Å². The maximum absolute atomic E-state index is 11.9. The first kappa shape index (κ1) is 18.8. The molecular weight excluding hydrogens is 340 g/mol. The Kier molecular flexibility index (Phi) is 7.28. The van der Waals surface area contributed by atoms with Crippen LogP contribution in [0.4, 0.5) is 0 Å². The van der Waals surface area contributed by atoms with E-state index in [4.69, 9.17) is 9.47 Å². The van der Waals surface area contributed by atoms with Gasteiger partial charge in [0.25, 0.3) is 5.91 Å². The van der Waals surface area contributed by atoms with Crippen LogP contribution in [0, 0.1) is 0 Å². The lowest BCUT2D eigenvalue weighted by Crippen LogP contribution is -2.34. The molecule has 0 radical (unpaired) electrons. The van der Waals surface area contributed by atoms with Crippen molar-refractivity contribution in [3.05, 3.63) is 46.2 Å². The molecule has 0 aliphatic rings. The van der Waals surface area contributed by atoms with Crippen LogP contribution in [0.1, 0.15) is 21.7 Å². The van der Waals surface area contributed by atoms with Gasteiger partial charge in [-0.25, -0.2) is 0 Å². The average Bonchev–Trinajstić information content (AvgIpc) is 3.17. The Balaban J connectivity index is 1.68. The summed E-state index contributed by atoms with van der Waals surface area (Å²) in [7, 11) is 3.17.